The van der Waals surface area contributed by atoms with E-state index in [2.05, 4.69) is 31.2 Å². The van der Waals surface area contributed by atoms with E-state index < -0.39 is 0 Å². The van der Waals surface area contributed by atoms with Gasteiger partial charge in [0.15, 0.2) is 5.82 Å². The summed E-state index contributed by atoms with van der Waals surface area (Å²) in [5, 5.41) is 2.67. The van der Waals surface area contributed by atoms with Gasteiger partial charge in [0, 0.05) is 5.92 Å². The van der Waals surface area contributed by atoms with Crippen LogP contribution in [0.4, 0.5) is 5.82 Å². The fraction of sp³-hybridized carbons (Fsp3) is 0.500. The van der Waals surface area contributed by atoms with E-state index in [-0.39, 0.29) is 10.7 Å². The third-order valence-corrected chi connectivity index (χ3v) is 2.70. The molecule has 1 aromatic heterocycles. The van der Waals surface area contributed by atoms with Gasteiger partial charge in [0.1, 0.15) is 0 Å². The highest BCUT2D eigenvalue weighted by Crippen LogP contribution is 2.38. The first-order chi connectivity index (χ1) is 7.16. The van der Waals surface area contributed by atoms with Gasteiger partial charge in [0.05, 0.1) is 22.9 Å². The van der Waals surface area contributed by atoms with Crippen LogP contribution >= 0.6 is 15.9 Å². The number of halogens is 1. The second-order valence-electron chi connectivity index (χ2n) is 3.71. The van der Waals surface area contributed by atoms with Crippen molar-refractivity contribution >= 4 is 27.7 Å². The van der Waals surface area contributed by atoms with Crippen molar-refractivity contribution in [3.63, 3.8) is 0 Å². The molecular formula is C10H12BrN3O. The van der Waals surface area contributed by atoms with Gasteiger partial charge in [-0.05, 0) is 19.8 Å². The highest BCUT2D eigenvalue weighted by molar-refractivity contribution is 9.10. The van der Waals surface area contributed by atoms with Gasteiger partial charge in [-0.2, -0.15) is 0 Å². The number of hydrogen-bond acceptors (Lipinski definition) is 3. The molecule has 1 aromatic rings. The molecule has 5 heteroatoms. The summed E-state index contributed by atoms with van der Waals surface area (Å²) in [5.74, 6) is 0.997. The largest absolute Gasteiger partial charge is 0.308 e. The molecule has 1 unspecified atom stereocenters. The lowest BCUT2D eigenvalue weighted by molar-refractivity contribution is -0.115. The molecule has 0 radical (unpaired) electrons. The third kappa shape index (κ3) is 2.75. The number of anilines is 1. The van der Waals surface area contributed by atoms with Gasteiger partial charge < -0.3 is 5.32 Å². The van der Waals surface area contributed by atoms with Crippen molar-refractivity contribution in [3.05, 3.63) is 18.1 Å². The van der Waals surface area contributed by atoms with Crippen molar-refractivity contribution in [1.82, 2.24) is 9.97 Å². The Balaban J connectivity index is 2.00. The van der Waals surface area contributed by atoms with Gasteiger partial charge >= 0.3 is 0 Å². The van der Waals surface area contributed by atoms with Crippen molar-refractivity contribution in [3.8, 4) is 0 Å². The molecule has 1 heterocycles. The normalized spacial score (nSPS) is 17.2. The molecule has 1 fully saturated rings. The van der Waals surface area contributed by atoms with Crippen LogP contribution in [0.3, 0.4) is 0 Å². The fourth-order valence-electron chi connectivity index (χ4n) is 1.22. The molecule has 15 heavy (non-hydrogen) atoms. The standard InChI is InChI=1S/C10H12BrN3O/c1-6(11)10(15)14-9-5-12-8(4-13-9)7-2-3-7/h4-7H,2-3H2,1H3,(H,13,14,15). The SMILES string of the molecule is CC(Br)C(=O)Nc1cnc(C2CC2)cn1. The monoisotopic (exact) mass is 269 g/mol. The molecule has 1 aliphatic rings. The lowest BCUT2D eigenvalue weighted by Gasteiger charge is -2.05. The maximum Gasteiger partial charge on any atom is 0.239 e. The van der Waals surface area contributed by atoms with E-state index in [4.69, 9.17) is 0 Å². The summed E-state index contributed by atoms with van der Waals surface area (Å²) in [6.07, 6.45) is 5.77. The van der Waals surface area contributed by atoms with E-state index in [1.807, 2.05) is 0 Å². The summed E-state index contributed by atoms with van der Waals surface area (Å²) < 4.78 is 0. The van der Waals surface area contributed by atoms with Crippen molar-refractivity contribution in [2.45, 2.75) is 30.5 Å². The Bertz CT molecular complexity index is 359. The molecule has 0 aliphatic heterocycles. The molecule has 1 N–H and O–H groups in total. The highest BCUT2D eigenvalue weighted by atomic mass is 79.9. The Morgan fingerprint density at radius 1 is 1.53 bits per heavy atom. The lowest BCUT2D eigenvalue weighted by atomic mass is 10.3. The van der Waals surface area contributed by atoms with Gasteiger partial charge in [-0.25, -0.2) is 4.98 Å². The van der Waals surface area contributed by atoms with E-state index in [1.54, 1.807) is 19.3 Å². The minimum Gasteiger partial charge on any atom is -0.308 e. The van der Waals surface area contributed by atoms with Gasteiger partial charge in [-0.15, -0.1) is 0 Å². The van der Waals surface area contributed by atoms with E-state index in [1.165, 1.54) is 12.8 Å². The summed E-state index contributed by atoms with van der Waals surface area (Å²) in [6, 6.07) is 0. The maximum absolute atomic E-state index is 11.3. The molecule has 1 aliphatic carbocycles. The molecular weight excluding hydrogens is 258 g/mol. The van der Waals surface area contributed by atoms with Gasteiger partial charge in [-0.3, -0.25) is 9.78 Å². The van der Waals surface area contributed by atoms with Crippen LogP contribution in [0, 0.1) is 0 Å². The number of aromatic nitrogens is 2. The van der Waals surface area contributed by atoms with Crippen molar-refractivity contribution in [2.75, 3.05) is 5.32 Å². The van der Waals surface area contributed by atoms with Crippen molar-refractivity contribution < 1.29 is 4.79 Å². The smallest absolute Gasteiger partial charge is 0.239 e. The van der Waals surface area contributed by atoms with Crippen LogP contribution in [-0.2, 0) is 4.79 Å². The predicted octanol–water partition coefficient (Wildman–Crippen LogP) is 2.08. The Labute approximate surface area is 96.6 Å². The molecule has 0 spiro atoms. The quantitative estimate of drug-likeness (QED) is 0.855. The maximum atomic E-state index is 11.3. The van der Waals surface area contributed by atoms with Gasteiger partial charge in [0.2, 0.25) is 5.91 Å². The minimum absolute atomic E-state index is 0.108. The summed E-state index contributed by atoms with van der Waals surface area (Å²) in [6.45, 7) is 1.77. The van der Waals surface area contributed by atoms with Gasteiger partial charge in [0.25, 0.3) is 0 Å². The van der Waals surface area contributed by atoms with E-state index in [9.17, 15) is 4.79 Å². The molecule has 1 saturated carbocycles. The summed E-state index contributed by atoms with van der Waals surface area (Å²) in [5.41, 5.74) is 1.03. The number of carbonyl (C=O) groups is 1. The average Bonchev–Trinajstić information content (AvgIpc) is 3.02. The molecule has 1 amide bonds. The number of alkyl halides is 1. The van der Waals surface area contributed by atoms with E-state index in [0.717, 1.165) is 5.69 Å². The molecule has 0 aromatic carbocycles. The second-order valence-corrected chi connectivity index (χ2v) is 5.08. The van der Waals surface area contributed by atoms with E-state index in [0.29, 0.717) is 11.7 Å². The topological polar surface area (TPSA) is 54.9 Å². The lowest BCUT2D eigenvalue weighted by Crippen LogP contribution is -2.20. The van der Waals surface area contributed by atoms with Crippen LogP contribution in [0.1, 0.15) is 31.4 Å². The van der Waals surface area contributed by atoms with E-state index >= 15 is 0 Å². The molecule has 0 saturated heterocycles. The average molecular weight is 270 g/mol. The number of rotatable bonds is 3. The first-order valence-electron chi connectivity index (χ1n) is 4.93. The first kappa shape index (κ1) is 10.5. The van der Waals surface area contributed by atoms with Crippen LogP contribution in [0.25, 0.3) is 0 Å². The van der Waals surface area contributed by atoms with Crippen LogP contribution in [0.15, 0.2) is 12.4 Å². The summed E-state index contributed by atoms with van der Waals surface area (Å²) in [4.78, 5) is 19.5. The number of carbonyl (C=O) groups excluding carboxylic acids is 1. The van der Waals surface area contributed by atoms with Gasteiger partial charge in [-0.1, -0.05) is 15.9 Å². The van der Waals surface area contributed by atoms with Crippen LogP contribution in [-0.4, -0.2) is 20.7 Å². The Morgan fingerprint density at radius 3 is 2.73 bits per heavy atom. The zero-order chi connectivity index (χ0) is 10.8. The third-order valence-electron chi connectivity index (χ3n) is 2.28. The fourth-order valence-corrected chi connectivity index (χ4v) is 1.33. The minimum atomic E-state index is -0.220. The number of nitrogens with zero attached hydrogens (tertiary/aromatic N) is 2. The zero-order valence-electron chi connectivity index (χ0n) is 8.40. The van der Waals surface area contributed by atoms with Crippen molar-refractivity contribution in [1.29, 1.82) is 0 Å². The first-order valence-corrected chi connectivity index (χ1v) is 5.85. The Hall–Kier alpha value is -0.970. The Kier molecular flexibility index (Phi) is 3.00. The molecule has 4 nitrogen and oxygen atoms in total. The molecule has 80 valence electrons. The molecule has 1 atom stereocenters. The number of nitrogens with one attached hydrogen (secondary N) is 1. The Morgan fingerprint density at radius 2 is 2.27 bits per heavy atom. The molecule has 0 bridgehead atoms. The second kappa shape index (κ2) is 4.26. The highest BCUT2D eigenvalue weighted by Gasteiger charge is 2.25. The van der Waals surface area contributed by atoms with Crippen molar-refractivity contribution in [2.24, 2.45) is 0 Å². The molecule has 2 rings (SSSR count). The summed E-state index contributed by atoms with van der Waals surface area (Å²) >= 11 is 3.18. The zero-order valence-corrected chi connectivity index (χ0v) is 9.99. The van der Waals surface area contributed by atoms with Crippen LogP contribution < -0.4 is 5.32 Å². The number of amides is 1. The number of hydrogen-bond donors (Lipinski definition) is 1. The van der Waals surface area contributed by atoms with Crippen LogP contribution in [0.2, 0.25) is 0 Å². The predicted molar refractivity (Wildman–Crippen MR) is 61.0 cm³/mol. The summed E-state index contributed by atoms with van der Waals surface area (Å²) in [7, 11) is 0. The van der Waals surface area contributed by atoms with Crippen LogP contribution in [0.5, 0.6) is 0 Å².